The highest BCUT2D eigenvalue weighted by Crippen LogP contribution is 2.23. The fraction of sp³-hybridized carbons (Fsp3) is 0.167. The number of benzene rings is 2. The molecule has 0 spiro atoms. The van der Waals surface area contributed by atoms with E-state index in [4.69, 9.17) is 9.15 Å². The summed E-state index contributed by atoms with van der Waals surface area (Å²) in [7, 11) is 3.33. The second kappa shape index (κ2) is 5.93. The Morgan fingerprint density at radius 2 is 1.91 bits per heavy atom. The van der Waals surface area contributed by atoms with Crippen molar-refractivity contribution in [3.05, 3.63) is 66.1 Å². The lowest BCUT2D eigenvalue weighted by atomic mass is 10.1. The van der Waals surface area contributed by atoms with E-state index in [9.17, 15) is 4.79 Å². The van der Waals surface area contributed by atoms with E-state index < -0.39 is 5.97 Å². The van der Waals surface area contributed by atoms with Crippen molar-refractivity contribution >= 4 is 22.4 Å². The van der Waals surface area contributed by atoms with Crippen molar-refractivity contribution in [1.29, 1.82) is 0 Å². The predicted molar refractivity (Wildman–Crippen MR) is 86.1 cm³/mol. The van der Waals surface area contributed by atoms with E-state index >= 15 is 0 Å². The normalized spacial score (nSPS) is 10.6. The van der Waals surface area contributed by atoms with Gasteiger partial charge in [0.05, 0.1) is 13.4 Å². The van der Waals surface area contributed by atoms with Gasteiger partial charge in [-0.15, -0.1) is 0 Å². The number of ether oxygens (including phenoxy) is 1. The molecule has 4 heteroatoms. The number of methoxy groups -OCH3 is 1. The van der Waals surface area contributed by atoms with Gasteiger partial charge in [-0.3, -0.25) is 0 Å². The van der Waals surface area contributed by atoms with Crippen LogP contribution in [0.25, 0.3) is 10.8 Å². The van der Waals surface area contributed by atoms with Gasteiger partial charge < -0.3 is 14.1 Å². The summed E-state index contributed by atoms with van der Waals surface area (Å²) >= 11 is 0. The zero-order valence-electron chi connectivity index (χ0n) is 12.6. The van der Waals surface area contributed by atoms with Gasteiger partial charge in [0.1, 0.15) is 0 Å². The summed E-state index contributed by atoms with van der Waals surface area (Å²) in [6.07, 6.45) is 1.51. The van der Waals surface area contributed by atoms with Gasteiger partial charge in [0.15, 0.2) is 0 Å². The Hall–Kier alpha value is -2.75. The average molecular weight is 295 g/mol. The molecule has 0 saturated heterocycles. The lowest BCUT2D eigenvalue weighted by Crippen LogP contribution is -2.17. The van der Waals surface area contributed by atoms with Gasteiger partial charge in [0.25, 0.3) is 0 Å². The van der Waals surface area contributed by atoms with Crippen LogP contribution >= 0.6 is 0 Å². The Morgan fingerprint density at radius 3 is 2.68 bits per heavy atom. The molecule has 0 N–H and O–H groups in total. The van der Waals surface area contributed by atoms with Gasteiger partial charge in [-0.1, -0.05) is 30.3 Å². The number of hydrogen-bond acceptors (Lipinski definition) is 4. The van der Waals surface area contributed by atoms with Crippen molar-refractivity contribution in [3.8, 4) is 0 Å². The fourth-order valence-electron chi connectivity index (χ4n) is 2.49. The van der Waals surface area contributed by atoms with Crippen molar-refractivity contribution in [3.63, 3.8) is 0 Å². The van der Waals surface area contributed by atoms with Gasteiger partial charge in [0.2, 0.25) is 5.76 Å². The van der Waals surface area contributed by atoms with Gasteiger partial charge in [0, 0.05) is 24.8 Å². The average Bonchev–Trinajstić information content (AvgIpc) is 3.01. The molecule has 1 aromatic heterocycles. The van der Waals surface area contributed by atoms with Gasteiger partial charge in [-0.25, -0.2) is 4.79 Å². The lowest BCUT2D eigenvalue weighted by molar-refractivity contribution is 0.0563. The molecule has 112 valence electrons. The molecule has 22 heavy (non-hydrogen) atoms. The molecule has 0 unspecified atom stereocenters. The van der Waals surface area contributed by atoms with Crippen LogP contribution in [0.5, 0.6) is 0 Å². The van der Waals surface area contributed by atoms with Crippen molar-refractivity contribution in [2.75, 3.05) is 19.1 Å². The first kappa shape index (κ1) is 14.2. The zero-order chi connectivity index (χ0) is 15.5. The highest BCUT2D eigenvalue weighted by molar-refractivity contribution is 5.88. The molecule has 1 heterocycles. The van der Waals surface area contributed by atoms with Crippen LogP contribution in [0.4, 0.5) is 5.69 Å². The first-order valence-corrected chi connectivity index (χ1v) is 7.03. The molecule has 0 aliphatic rings. The molecular formula is C18H17NO3. The largest absolute Gasteiger partial charge is 0.463 e. The molecule has 0 aliphatic carbocycles. The molecule has 3 aromatic rings. The summed E-state index contributed by atoms with van der Waals surface area (Å²) in [6.45, 7) is 0.569. The van der Waals surface area contributed by atoms with Crippen LogP contribution in [0.3, 0.4) is 0 Å². The number of hydrogen-bond donors (Lipinski definition) is 0. The molecule has 0 fully saturated rings. The maximum Gasteiger partial charge on any atom is 0.374 e. The Balaban J connectivity index is 1.85. The maximum atomic E-state index is 11.7. The molecule has 0 amide bonds. The Morgan fingerprint density at radius 1 is 1.14 bits per heavy atom. The first-order valence-electron chi connectivity index (χ1n) is 7.03. The third-order valence-electron chi connectivity index (χ3n) is 3.70. The van der Waals surface area contributed by atoms with Crippen LogP contribution < -0.4 is 4.90 Å². The van der Waals surface area contributed by atoms with Gasteiger partial charge in [-0.2, -0.15) is 0 Å². The molecule has 0 atom stereocenters. The molecule has 0 aliphatic heterocycles. The van der Waals surface area contributed by atoms with Crippen LogP contribution in [-0.4, -0.2) is 20.1 Å². The van der Waals surface area contributed by atoms with Crippen LogP contribution in [0, 0.1) is 0 Å². The highest BCUT2D eigenvalue weighted by Gasteiger charge is 2.17. The number of furan rings is 1. The quantitative estimate of drug-likeness (QED) is 0.686. The van der Waals surface area contributed by atoms with E-state index in [1.807, 2.05) is 19.2 Å². The van der Waals surface area contributed by atoms with Crippen molar-refractivity contribution in [1.82, 2.24) is 0 Å². The fourth-order valence-corrected chi connectivity index (χ4v) is 2.49. The molecule has 3 rings (SSSR count). The summed E-state index contributed by atoms with van der Waals surface area (Å²) in [5, 5.41) is 2.39. The van der Waals surface area contributed by atoms with Gasteiger partial charge in [-0.05, 0) is 29.0 Å². The van der Waals surface area contributed by atoms with Crippen molar-refractivity contribution in [2.24, 2.45) is 0 Å². The smallest absolute Gasteiger partial charge is 0.374 e. The van der Waals surface area contributed by atoms with Gasteiger partial charge >= 0.3 is 5.97 Å². The summed E-state index contributed by atoms with van der Waals surface area (Å²) < 4.78 is 9.95. The van der Waals surface area contributed by atoms with Crippen LogP contribution in [0.15, 0.2) is 59.2 Å². The van der Waals surface area contributed by atoms with E-state index in [-0.39, 0.29) is 5.76 Å². The van der Waals surface area contributed by atoms with E-state index in [1.54, 1.807) is 6.07 Å². The lowest BCUT2D eigenvalue weighted by Gasteiger charge is -2.19. The second-order valence-electron chi connectivity index (χ2n) is 5.15. The predicted octanol–water partition coefficient (Wildman–Crippen LogP) is 3.86. The highest BCUT2D eigenvalue weighted by atomic mass is 16.5. The van der Waals surface area contributed by atoms with Crippen molar-refractivity contribution in [2.45, 2.75) is 6.54 Å². The van der Waals surface area contributed by atoms with Crippen molar-refractivity contribution < 1.29 is 13.9 Å². The van der Waals surface area contributed by atoms with Crippen LogP contribution in [0.1, 0.15) is 16.1 Å². The molecule has 0 saturated carbocycles. The molecular weight excluding hydrogens is 278 g/mol. The SMILES string of the molecule is COC(=O)c1occc1CN(C)c1ccc2ccccc2c1. The Bertz CT molecular complexity index is 807. The summed E-state index contributed by atoms with van der Waals surface area (Å²) in [5.41, 5.74) is 1.89. The maximum absolute atomic E-state index is 11.7. The summed E-state index contributed by atoms with van der Waals surface area (Å²) in [5.74, 6) is -0.193. The van der Waals surface area contributed by atoms with E-state index in [0.717, 1.165) is 11.3 Å². The number of nitrogens with zero attached hydrogens (tertiary/aromatic N) is 1. The third-order valence-corrected chi connectivity index (χ3v) is 3.70. The number of fused-ring (bicyclic) bond motifs is 1. The molecule has 2 aromatic carbocycles. The first-order chi connectivity index (χ1) is 10.7. The van der Waals surface area contributed by atoms with E-state index in [0.29, 0.717) is 6.54 Å². The summed E-state index contributed by atoms with van der Waals surface area (Å²) in [6, 6.07) is 16.3. The Labute approximate surface area is 128 Å². The standard InChI is InChI=1S/C18H17NO3/c1-19(12-15-9-10-22-17(15)18(20)21-2)16-8-7-13-5-3-4-6-14(13)11-16/h3-11H,12H2,1-2H3. The molecule has 0 radical (unpaired) electrons. The van der Waals surface area contributed by atoms with Crippen LogP contribution in [-0.2, 0) is 11.3 Å². The van der Waals surface area contributed by atoms with E-state index in [1.165, 1.54) is 24.1 Å². The van der Waals surface area contributed by atoms with E-state index in [2.05, 4.69) is 35.2 Å². The summed E-state index contributed by atoms with van der Waals surface area (Å²) in [4.78, 5) is 13.7. The molecule has 4 nitrogen and oxygen atoms in total. The topological polar surface area (TPSA) is 42.7 Å². The minimum Gasteiger partial charge on any atom is -0.463 e. The minimum absolute atomic E-state index is 0.259. The number of rotatable bonds is 4. The number of anilines is 1. The van der Waals surface area contributed by atoms with Crippen LogP contribution in [0.2, 0.25) is 0 Å². The Kier molecular flexibility index (Phi) is 3.83. The molecule has 0 bridgehead atoms. The second-order valence-corrected chi connectivity index (χ2v) is 5.15. The monoisotopic (exact) mass is 295 g/mol. The number of carbonyl (C=O) groups excluding carboxylic acids is 1. The minimum atomic E-state index is -0.452. The third kappa shape index (κ3) is 2.68. The number of esters is 1. The number of carbonyl (C=O) groups is 1. The zero-order valence-corrected chi connectivity index (χ0v) is 12.6.